The van der Waals surface area contributed by atoms with Crippen LogP contribution in [0.2, 0.25) is 0 Å². The average Bonchev–Trinajstić information content (AvgIpc) is 3.25. The number of aromatic hydroxyl groups is 1. The van der Waals surface area contributed by atoms with Crippen LogP contribution in [0.15, 0.2) is 48.5 Å². The van der Waals surface area contributed by atoms with Gasteiger partial charge in [0.05, 0.1) is 19.3 Å². The van der Waals surface area contributed by atoms with Crippen LogP contribution in [0.5, 0.6) is 11.5 Å². The molecule has 70 heavy (non-hydrogen) atoms. The average molecular weight is 1010 g/mol. The number of carbonyl (C=O) groups excluding carboxylic acids is 6. The molecule has 0 bridgehead atoms. The number of phenolic OH excluding ortho intramolecular Hbond substituents is 1. The molecule has 16 N–H and O–H groups in total. The van der Waals surface area contributed by atoms with E-state index in [9.17, 15) is 82.7 Å². The summed E-state index contributed by atoms with van der Waals surface area (Å²) in [7, 11) is -5.00. The molecule has 0 unspecified atom stereocenters. The first-order valence-electron chi connectivity index (χ1n) is 21.7. The van der Waals surface area contributed by atoms with Crippen LogP contribution in [0.4, 0.5) is 0 Å². The Labute approximate surface area is 400 Å². The fourth-order valence-electron chi connectivity index (χ4n) is 6.56. The number of carbonyl (C=O) groups is 10. The van der Waals surface area contributed by atoms with E-state index in [0.717, 1.165) is 12.1 Å². The molecule has 6 amide bonds. The molecule has 0 heterocycles. The Morgan fingerprint density at radius 2 is 1.01 bits per heavy atom. The van der Waals surface area contributed by atoms with E-state index < -0.39 is 141 Å². The van der Waals surface area contributed by atoms with Crippen molar-refractivity contribution in [3.8, 4) is 11.5 Å². The smallest absolute Gasteiger partial charge is 0.508 e. The summed E-state index contributed by atoms with van der Waals surface area (Å²) in [6.45, 7) is 6.52. The molecule has 0 aliphatic heterocycles. The van der Waals surface area contributed by atoms with Crippen LogP contribution >= 0.6 is 7.82 Å². The number of benzene rings is 2. The second-order valence-electron chi connectivity index (χ2n) is 16.8. The number of rotatable bonds is 30. The number of nitrogens with one attached hydrogen (secondary N) is 6. The third kappa shape index (κ3) is 21.4. The summed E-state index contributed by atoms with van der Waals surface area (Å²) in [5.74, 6) is -13.7. The van der Waals surface area contributed by atoms with Crippen molar-refractivity contribution in [2.45, 2.75) is 121 Å². The lowest BCUT2D eigenvalue weighted by Crippen LogP contribution is -2.69. The van der Waals surface area contributed by atoms with Gasteiger partial charge in [-0.05, 0) is 53.6 Å². The summed E-state index contributed by atoms with van der Waals surface area (Å²) in [5, 5.41) is 61.5. The van der Waals surface area contributed by atoms with E-state index in [1.807, 2.05) is 0 Å². The Bertz CT molecular complexity index is 2240. The summed E-state index contributed by atoms with van der Waals surface area (Å²) >= 11 is 0. The van der Waals surface area contributed by atoms with E-state index in [1.165, 1.54) is 43.3 Å². The van der Waals surface area contributed by atoms with Crippen molar-refractivity contribution in [1.29, 1.82) is 0 Å². The van der Waals surface area contributed by atoms with E-state index in [-0.39, 0.29) is 48.7 Å². The van der Waals surface area contributed by atoms with Crippen LogP contribution in [-0.2, 0) is 65.4 Å². The normalized spacial score (nSPS) is 14.7. The van der Waals surface area contributed by atoms with Crippen molar-refractivity contribution in [2.24, 2.45) is 11.8 Å². The standard InChI is InChI=1S/C43H60N7O19P/c1-5-22(4)36(50-41(62)31(19-34(54)55)45-37(58)27(44)14-15-33(52)53)42(63)48-30(18-24-8-12-26(13-9-24)69-70(66,67)68)40(61)47-29(17-23-6-10-25(51)11-7-23)39(60)46-28(16-21(2)3)38(59)49-32(43(64)65)20-35(56)57/h6-13,21-22,27-32,36,51H,5,14-20,44H2,1-4H3,(H,45,58)(H,46,60)(H,47,61)(H,48,63)(H,49,59)(H,50,62)(H,52,53)(H,54,55)(H,56,57)(H,64,65)(H2,66,67,68)/p+1/t22-,27-,28-,29-,30-,31-,32-,36-/m0/s1. The molecular formula is C43H61N7O19P+. The van der Waals surface area contributed by atoms with Gasteiger partial charge in [0.25, 0.3) is 5.91 Å². The minimum absolute atomic E-state index is 0.0996. The highest BCUT2D eigenvalue weighted by molar-refractivity contribution is 7.46. The molecule has 8 atom stereocenters. The SMILES string of the molecule is CC[C@H](C)[C@H](NC(=O)[C@H](CC(=O)O)NC(=O)[C@@H]([NH3+])CCC(=O)O)C(=O)N[C@@H](Cc1ccc(OP(=O)(O)O)cc1)C(=O)N[C@@H](Cc1ccc(O)cc1)C(=O)N[C@@H](CC(C)C)C(=O)N[C@@H](CC(=O)O)C(=O)O. The number of quaternary nitrogens is 1. The minimum Gasteiger partial charge on any atom is -0.508 e. The van der Waals surface area contributed by atoms with Crippen LogP contribution in [0.1, 0.15) is 77.3 Å². The van der Waals surface area contributed by atoms with Crippen molar-refractivity contribution in [2.75, 3.05) is 0 Å². The highest BCUT2D eigenvalue weighted by atomic mass is 31.2. The van der Waals surface area contributed by atoms with Crippen molar-refractivity contribution < 1.29 is 98.1 Å². The fraction of sp³-hybridized carbons (Fsp3) is 0.488. The molecular weight excluding hydrogens is 949 g/mol. The Morgan fingerprint density at radius 1 is 0.586 bits per heavy atom. The lowest BCUT2D eigenvalue weighted by molar-refractivity contribution is -0.405. The number of phenols is 1. The number of hydrogen-bond donors (Lipinski definition) is 14. The molecule has 2 rings (SSSR count). The van der Waals surface area contributed by atoms with Gasteiger partial charge in [-0.3, -0.25) is 52.9 Å². The lowest BCUT2D eigenvalue weighted by Gasteiger charge is -2.29. The van der Waals surface area contributed by atoms with E-state index in [2.05, 4.69) is 42.2 Å². The number of phosphoric acid groups is 1. The summed E-state index contributed by atoms with van der Waals surface area (Å²) in [5.41, 5.74) is 4.15. The van der Waals surface area contributed by atoms with Crippen molar-refractivity contribution >= 4 is 67.1 Å². The molecule has 0 saturated heterocycles. The maximum Gasteiger partial charge on any atom is 0.524 e. The first-order chi connectivity index (χ1) is 32.6. The van der Waals surface area contributed by atoms with Crippen LogP contribution in [0.25, 0.3) is 0 Å². The van der Waals surface area contributed by atoms with Crippen LogP contribution in [-0.4, -0.2) is 137 Å². The molecule has 0 aliphatic carbocycles. The highest BCUT2D eigenvalue weighted by Crippen LogP contribution is 2.37. The van der Waals surface area contributed by atoms with Gasteiger partial charge in [-0.1, -0.05) is 58.4 Å². The maximum absolute atomic E-state index is 14.5. The molecule has 0 saturated carbocycles. The summed E-state index contributed by atoms with van der Waals surface area (Å²) in [6, 6.07) is -0.905. The van der Waals surface area contributed by atoms with Gasteiger partial charge < -0.3 is 67.7 Å². The molecule has 0 spiro atoms. The zero-order chi connectivity index (χ0) is 53.0. The van der Waals surface area contributed by atoms with Gasteiger partial charge in [-0.15, -0.1) is 0 Å². The largest absolute Gasteiger partial charge is 0.524 e. The van der Waals surface area contributed by atoms with Gasteiger partial charge in [-0.2, -0.15) is 0 Å². The molecule has 27 heteroatoms. The molecule has 2 aromatic rings. The van der Waals surface area contributed by atoms with E-state index in [0.29, 0.717) is 5.56 Å². The summed E-state index contributed by atoms with van der Waals surface area (Å²) < 4.78 is 16.0. The van der Waals surface area contributed by atoms with Gasteiger partial charge >= 0.3 is 31.7 Å². The second kappa shape index (κ2) is 27.7. The zero-order valence-electron chi connectivity index (χ0n) is 38.7. The monoisotopic (exact) mass is 1010 g/mol. The van der Waals surface area contributed by atoms with Gasteiger partial charge in [0.15, 0.2) is 6.04 Å². The fourth-order valence-corrected chi connectivity index (χ4v) is 6.96. The third-order valence-electron chi connectivity index (χ3n) is 10.4. The molecule has 0 aromatic heterocycles. The maximum atomic E-state index is 14.5. The third-order valence-corrected chi connectivity index (χ3v) is 10.9. The lowest BCUT2D eigenvalue weighted by atomic mass is 9.96. The molecule has 2 aromatic carbocycles. The summed E-state index contributed by atoms with van der Waals surface area (Å²) in [6.07, 6.45) is -3.33. The number of phosphoric ester groups is 1. The quantitative estimate of drug-likeness (QED) is 0.0382. The van der Waals surface area contributed by atoms with Gasteiger partial charge in [0.1, 0.15) is 47.8 Å². The predicted octanol–water partition coefficient (Wildman–Crippen LogP) is -1.84. The van der Waals surface area contributed by atoms with Gasteiger partial charge in [0.2, 0.25) is 29.5 Å². The van der Waals surface area contributed by atoms with Gasteiger partial charge in [0, 0.05) is 19.3 Å². The Hall–Kier alpha value is -7.15. The molecule has 0 aliphatic rings. The van der Waals surface area contributed by atoms with Crippen LogP contribution in [0, 0.1) is 11.8 Å². The Morgan fingerprint density at radius 3 is 1.47 bits per heavy atom. The number of hydrogen-bond acceptors (Lipinski definition) is 13. The molecule has 386 valence electrons. The first-order valence-corrected chi connectivity index (χ1v) is 23.3. The summed E-state index contributed by atoms with van der Waals surface area (Å²) in [4.78, 5) is 147. The predicted molar refractivity (Wildman–Crippen MR) is 241 cm³/mol. The molecule has 0 fully saturated rings. The topological polar surface area (TPSA) is 438 Å². The van der Waals surface area contributed by atoms with Crippen molar-refractivity contribution in [3.05, 3.63) is 59.7 Å². The molecule has 0 radical (unpaired) electrons. The second-order valence-corrected chi connectivity index (χ2v) is 17.9. The van der Waals surface area contributed by atoms with E-state index >= 15 is 0 Å². The van der Waals surface area contributed by atoms with E-state index in [4.69, 9.17) is 5.11 Å². The van der Waals surface area contributed by atoms with Crippen molar-refractivity contribution in [3.63, 3.8) is 0 Å². The number of carboxylic acid groups (broad SMARTS) is 4. The number of aliphatic carboxylic acids is 4. The first kappa shape index (κ1) is 59.0. The Kier molecular flexibility index (Phi) is 23.4. The minimum atomic E-state index is -5.00. The van der Waals surface area contributed by atoms with E-state index in [1.54, 1.807) is 20.8 Å². The zero-order valence-corrected chi connectivity index (χ0v) is 39.6. The number of carboxylic acids is 4. The van der Waals surface area contributed by atoms with Crippen LogP contribution < -0.4 is 42.2 Å². The molecule has 26 nitrogen and oxygen atoms in total. The Balaban J connectivity index is 2.63. The van der Waals surface area contributed by atoms with Crippen LogP contribution in [0.3, 0.4) is 0 Å². The van der Waals surface area contributed by atoms with Gasteiger partial charge in [-0.25, -0.2) is 9.36 Å². The van der Waals surface area contributed by atoms with Crippen molar-refractivity contribution in [1.82, 2.24) is 31.9 Å². The highest BCUT2D eigenvalue weighted by Gasteiger charge is 2.36. The number of amides is 6.